The predicted molar refractivity (Wildman–Crippen MR) is 172 cm³/mol. The fourth-order valence-electron chi connectivity index (χ4n) is 6.72. The Morgan fingerprint density at radius 3 is 1.74 bits per heavy atom. The zero-order valence-corrected chi connectivity index (χ0v) is 27.3. The summed E-state index contributed by atoms with van der Waals surface area (Å²) in [7, 11) is 6.73. The van der Waals surface area contributed by atoms with E-state index in [1.165, 1.54) is 47.9 Å². The highest BCUT2D eigenvalue weighted by Gasteiger charge is 2.33. The van der Waals surface area contributed by atoms with Crippen molar-refractivity contribution in [1.29, 1.82) is 0 Å². The average Bonchev–Trinajstić information content (AvgIpc) is 3.50. The van der Waals surface area contributed by atoms with E-state index in [4.69, 9.17) is 29.2 Å². The molecule has 2 aromatic carbocycles. The van der Waals surface area contributed by atoms with Gasteiger partial charge in [0.15, 0.2) is 23.0 Å². The summed E-state index contributed by atoms with van der Waals surface area (Å²) in [6, 6.07) is 9.01. The summed E-state index contributed by atoms with van der Waals surface area (Å²) in [6.45, 7) is 3.34. The molecule has 0 radical (unpaired) electrons. The molecule has 1 saturated carbocycles. The van der Waals surface area contributed by atoms with Crippen LogP contribution < -0.4 is 18.9 Å². The maximum absolute atomic E-state index is 13.4. The number of carbonyl (C=O) groups is 3. The topological polar surface area (TPSA) is 135 Å². The Morgan fingerprint density at radius 2 is 1.26 bits per heavy atom. The standard InChI is InChI=1S/C31H42N2O5.C4H4O4/c1-35-27-16-21-9-12-32(13-10-22(21)17-28(27)36-2)31(34)11-14-33(25-7-5-6-8-25)20-24-15-23-18-29(37-3)30(38-4)19-26(23)24;5-3(6)1-2-4(7)8/h16-19,24-25H,5-15,20H2,1-4H3;1-2H,(H,5,6)(H,7,8)/t24-;/m1./s1. The first-order chi connectivity index (χ1) is 22.2. The van der Waals surface area contributed by atoms with Gasteiger partial charge in [0.05, 0.1) is 28.4 Å². The number of carbonyl (C=O) groups excluding carboxylic acids is 1. The van der Waals surface area contributed by atoms with Crippen molar-refractivity contribution in [2.75, 3.05) is 54.6 Å². The zero-order chi connectivity index (χ0) is 33.2. The lowest BCUT2D eigenvalue weighted by Crippen LogP contribution is -2.42. The van der Waals surface area contributed by atoms with Crippen LogP contribution in [0.3, 0.4) is 0 Å². The van der Waals surface area contributed by atoms with Crippen molar-refractivity contribution < 1.29 is 43.5 Å². The Balaban J connectivity index is 0.000000533. The molecule has 0 bridgehead atoms. The molecular formula is C35H46N2O9. The molecule has 250 valence electrons. The number of fused-ring (bicyclic) bond motifs is 2. The summed E-state index contributed by atoms with van der Waals surface area (Å²) < 4.78 is 22.0. The number of carboxylic acid groups (broad SMARTS) is 2. The van der Waals surface area contributed by atoms with E-state index < -0.39 is 11.9 Å². The van der Waals surface area contributed by atoms with Gasteiger partial charge >= 0.3 is 11.9 Å². The molecule has 5 rings (SSSR count). The Labute approximate surface area is 270 Å². The first kappa shape index (κ1) is 34.6. The second-order valence-electron chi connectivity index (χ2n) is 11.9. The third-order valence-corrected chi connectivity index (χ3v) is 9.19. The highest BCUT2D eigenvalue weighted by Crippen LogP contribution is 2.43. The quantitative estimate of drug-likeness (QED) is 0.324. The molecular weight excluding hydrogens is 592 g/mol. The number of carboxylic acids is 2. The molecule has 2 aliphatic carbocycles. The lowest BCUT2D eigenvalue weighted by atomic mass is 9.76. The summed E-state index contributed by atoms with van der Waals surface area (Å²) in [4.78, 5) is 37.2. The van der Waals surface area contributed by atoms with Gasteiger partial charge in [-0.1, -0.05) is 12.8 Å². The van der Waals surface area contributed by atoms with Crippen molar-refractivity contribution in [2.24, 2.45) is 0 Å². The third-order valence-electron chi connectivity index (χ3n) is 9.19. The number of aliphatic carboxylic acids is 2. The van der Waals surface area contributed by atoms with Gasteiger partial charge in [-0.3, -0.25) is 9.69 Å². The molecule has 1 aliphatic heterocycles. The van der Waals surface area contributed by atoms with Crippen molar-refractivity contribution in [3.63, 3.8) is 0 Å². The molecule has 0 unspecified atom stereocenters. The van der Waals surface area contributed by atoms with Gasteiger partial charge in [0.25, 0.3) is 0 Å². The van der Waals surface area contributed by atoms with Crippen LogP contribution in [0.4, 0.5) is 0 Å². The fourth-order valence-corrected chi connectivity index (χ4v) is 6.72. The lowest BCUT2D eigenvalue weighted by Gasteiger charge is -2.38. The van der Waals surface area contributed by atoms with E-state index in [-0.39, 0.29) is 5.91 Å². The van der Waals surface area contributed by atoms with E-state index in [9.17, 15) is 14.4 Å². The highest BCUT2D eigenvalue weighted by molar-refractivity contribution is 5.89. The Kier molecular flexibility index (Phi) is 12.3. The number of rotatable bonds is 12. The minimum absolute atomic E-state index is 0.264. The van der Waals surface area contributed by atoms with Crippen molar-refractivity contribution in [3.05, 3.63) is 58.7 Å². The Bertz CT molecular complexity index is 1370. The van der Waals surface area contributed by atoms with Crippen LogP contribution in [0.1, 0.15) is 60.3 Å². The van der Waals surface area contributed by atoms with Gasteiger partial charge in [-0.05, 0) is 78.6 Å². The van der Waals surface area contributed by atoms with Crippen molar-refractivity contribution in [3.8, 4) is 23.0 Å². The Morgan fingerprint density at radius 1 is 0.783 bits per heavy atom. The zero-order valence-electron chi connectivity index (χ0n) is 27.3. The van der Waals surface area contributed by atoms with Crippen LogP contribution >= 0.6 is 0 Å². The summed E-state index contributed by atoms with van der Waals surface area (Å²) in [5.41, 5.74) is 5.23. The molecule has 0 aromatic heterocycles. The number of hydrogen-bond donors (Lipinski definition) is 2. The first-order valence-electron chi connectivity index (χ1n) is 15.8. The SMILES string of the molecule is COc1cc2c(cc1OC)CCN(C(=O)CCN(C[C@H]1Cc3cc(OC)c(OC)cc31)C1CCCC1)CC2.O=C(O)C=CC(=O)O. The van der Waals surface area contributed by atoms with Gasteiger partial charge in [-0.15, -0.1) is 0 Å². The number of benzene rings is 2. The van der Waals surface area contributed by atoms with Gasteiger partial charge in [0.2, 0.25) is 5.91 Å². The molecule has 11 heteroatoms. The van der Waals surface area contributed by atoms with Gasteiger partial charge < -0.3 is 34.1 Å². The molecule has 2 N–H and O–H groups in total. The predicted octanol–water partition coefficient (Wildman–Crippen LogP) is 4.33. The monoisotopic (exact) mass is 638 g/mol. The minimum Gasteiger partial charge on any atom is -0.493 e. The summed E-state index contributed by atoms with van der Waals surface area (Å²) in [5.74, 6) is 1.35. The van der Waals surface area contributed by atoms with E-state index in [0.29, 0.717) is 30.5 Å². The summed E-state index contributed by atoms with van der Waals surface area (Å²) >= 11 is 0. The fraction of sp³-hybridized carbons (Fsp3) is 0.514. The highest BCUT2D eigenvalue weighted by atomic mass is 16.5. The maximum atomic E-state index is 13.4. The molecule has 1 fully saturated rings. The van der Waals surface area contributed by atoms with Gasteiger partial charge in [0, 0.05) is 56.7 Å². The lowest BCUT2D eigenvalue weighted by molar-refractivity contribution is -0.134. The number of ether oxygens (including phenoxy) is 4. The third kappa shape index (κ3) is 8.72. The van der Waals surface area contributed by atoms with Crippen LogP contribution in [-0.2, 0) is 33.6 Å². The van der Waals surface area contributed by atoms with Crippen LogP contribution in [0.25, 0.3) is 0 Å². The molecule has 1 atom stereocenters. The van der Waals surface area contributed by atoms with E-state index in [2.05, 4.69) is 34.1 Å². The first-order valence-corrected chi connectivity index (χ1v) is 15.8. The number of nitrogens with zero attached hydrogens (tertiary/aromatic N) is 2. The smallest absolute Gasteiger partial charge is 0.328 e. The molecule has 1 heterocycles. The van der Waals surface area contributed by atoms with Gasteiger partial charge in [-0.25, -0.2) is 9.59 Å². The number of hydrogen-bond acceptors (Lipinski definition) is 8. The number of methoxy groups -OCH3 is 4. The van der Waals surface area contributed by atoms with Crippen LogP contribution in [0, 0.1) is 0 Å². The van der Waals surface area contributed by atoms with Crippen LogP contribution in [0.5, 0.6) is 23.0 Å². The number of amides is 1. The summed E-state index contributed by atoms with van der Waals surface area (Å²) in [6.07, 6.45) is 9.50. The van der Waals surface area contributed by atoms with Crippen LogP contribution in [-0.4, -0.2) is 98.5 Å². The molecule has 0 saturated heterocycles. The molecule has 11 nitrogen and oxygen atoms in total. The molecule has 46 heavy (non-hydrogen) atoms. The van der Waals surface area contributed by atoms with Crippen LogP contribution in [0.15, 0.2) is 36.4 Å². The van der Waals surface area contributed by atoms with E-state index >= 15 is 0 Å². The van der Waals surface area contributed by atoms with Gasteiger partial charge in [-0.2, -0.15) is 0 Å². The molecule has 0 spiro atoms. The van der Waals surface area contributed by atoms with E-state index in [0.717, 1.165) is 68.4 Å². The normalized spacial score (nSPS) is 17.2. The van der Waals surface area contributed by atoms with Crippen molar-refractivity contribution in [2.45, 2.75) is 63.3 Å². The maximum Gasteiger partial charge on any atom is 0.328 e. The second-order valence-corrected chi connectivity index (χ2v) is 11.9. The van der Waals surface area contributed by atoms with Crippen LogP contribution in [0.2, 0.25) is 0 Å². The molecule has 3 aliphatic rings. The van der Waals surface area contributed by atoms with E-state index in [1.54, 1.807) is 28.4 Å². The molecule has 1 amide bonds. The van der Waals surface area contributed by atoms with Gasteiger partial charge in [0.1, 0.15) is 0 Å². The summed E-state index contributed by atoms with van der Waals surface area (Å²) in [5, 5.41) is 15.6. The Hall–Kier alpha value is -4.25. The second kappa shape index (κ2) is 16.4. The minimum atomic E-state index is -1.26. The molecule has 2 aromatic rings. The average molecular weight is 639 g/mol. The largest absolute Gasteiger partial charge is 0.493 e. The van der Waals surface area contributed by atoms with E-state index in [1.807, 2.05) is 0 Å². The van der Waals surface area contributed by atoms with Crippen molar-refractivity contribution in [1.82, 2.24) is 9.80 Å². The van der Waals surface area contributed by atoms with Crippen molar-refractivity contribution >= 4 is 17.8 Å².